The molecule has 6 nitrogen and oxygen atoms in total. The maximum atomic E-state index is 13.2. The van der Waals surface area contributed by atoms with Crippen molar-refractivity contribution in [3.05, 3.63) is 53.1 Å². The fraction of sp³-hybridized carbons (Fsp3) is 0.409. The van der Waals surface area contributed by atoms with E-state index in [-0.39, 0.29) is 27.8 Å². The van der Waals surface area contributed by atoms with E-state index < -0.39 is 10.0 Å². The highest BCUT2D eigenvalue weighted by Gasteiger charge is 2.38. The van der Waals surface area contributed by atoms with Gasteiger partial charge in [0.1, 0.15) is 5.75 Å². The first-order chi connectivity index (χ1) is 14.3. The van der Waals surface area contributed by atoms with Gasteiger partial charge in [-0.05, 0) is 56.0 Å². The van der Waals surface area contributed by atoms with Crippen LogP contribution in [-0.2, 0) is 21.2 Å². The second kappa shape index (κ2) is 8.21. The van der Waals surface area contributed by atoms with Gasteiger partial charge in [-0.15, -0.1) is 0 Å². The Morgan fingerprint density at radius 2 is 1.83 bits per heavy atom. The summed E-state index contributed by atoms with van der Waals surface area (Å²) in [7, 11) is -2.19. The number of amides is 1. The summed E-state index contributed by atoms with van der Waals surface area (Å²) in [6.45, 7) is 2.68. The maximum absolute atomic E-state index is 13.2. The number of para-hydroxylation sites is 1. The average molecular weight is 449 g/mol. The summed E-state index contributed by atoms with van der Waals surface area (Å²) in [5.74, 6) is 0.349. The standard InChI is InChI=1S/C22H25ClN2O4S/c1-15-13-17-5-3-4-6-20(17)25(15)22(26)16-9-11-24(12-10-16)30(27,28)18-7-8-21(29-2)19(23)14-18/h3-8,14-16H,9-13H2,1-2H3/t15-/m1/s1. The predicted octanol–water partition coefficient (Wildman–Crippen LogP) is 3.73. The first-order valence-electron chi connectivity index (χ1n) is 10.1. The van der Waals surface area contributed by atoms with Crippen molar-refractivity contribution in [2.24, 2.45) is 5.92 Å². The topological polar surface area (TPSA) is 66.9 Å². The van der Waals surface area contributed by atoms with Gasteiger partial charge in [-0.2, -0.15) is 4.31 Å². The van der Waals surface area contributed by atoms with E-state index in [1.54, 1.807) is 6.07 Å². The molecular formula is C22H25ClN2O4S. The van der Waals surface area contributed by atoms with Gasteiger partial charge >= 0.3 is 0 Å². The lowest BCUT2D eigenvalue weighted by atomic mass is 9.96. The van der Waals surface area contributed by atoms with Crippen molar-refractivity contribution in [1.82, 2.24) is 4.31 Å². The molecular weight excluding hydrogens is 424 g/mol. The van der Waals surface area contributed by atoms with Gasteiger partial charge in [0.25, 0.3) is 0 Å². The smallest absolute Gasteiger partial charge is 0.243 e. The minimum absolute atomic E-state index is 0.0944. The van der Waals surface area contributed by atoms with Crippen LogP contribution in [0.2, 0.25) is 5.02 Å². The summed E-state index contributed by atoms with van der Waals surface area (Å²) < 4.78 is 32.6. The molecule has 1 saturated heterocycles. The Labute approximate surface area is 182 Å². The number of ether oxygens (including phenoxy) is 1. The molecule has 160 valence electrons. The van der Waals surface area contributed by atoms with Crippen LogP contribution in [0.5, 0.6) is 5.75 Å². The number of hydrogen-bond acceptors (Lipinski definition) is 4. The molecule has 0 unspecified atom stereocenters. The highest BCUT2D eigenvalue weighted by Crippen LogP contribution is 2.35. The molecule has 1 amide bonds. The Bertz CT molecular complexity index is 1060. The Hall–Kier alpha value is -2.09. The van der Waals surface area contributed by atoms with Crippen LogP contribution < -0.4 is 9.64 Å². The first-order valence-corrected chi connectivity index (χ1v) is 11.9. The van der Waals surface area contributed by atoms with Gasteiger partial charge in [-0.25, -0.2) is 8.42 Å². The van der Waals surface area contributed by atoms with Crippen molar-refractivity contribution in [2.45, 2.75) is 37.1 Å². The second-order valence-electron chi connectivity index (χ2n) is 7.86. The number of hydrogen-bond donors (Lipinski definition) is 0. The summed E-state index contributed by atoms with van der Waals surface area (Å²) in [6, 6.07) is 12.6. The van der Waals surface area contributed by atoms with E-state index in [1.165, 1.54) is 29.1 Å². The summed E-state index contributed by atoms with van der Waals surface area (Å²) >= 11 is 6.11. The van der Waals surface area contributed by atoms with Crippen LogP contribution in [0.1, 0.15) is 25.3 Å². The van der Waals surface area contributed by atoms with Crippen LogP contribution >= 0.6 is 11.6 Å². The summed E-state index contributed by atoms with van der Waals surface area (Å²) in [6.07, 6.45) is 1.87. The van der Waals surface area contributed by atoms with Crippen LogP contribution in [0.25, 0.3) is 0 Å². The quantitative estimate of drug-likeness (QED) is 0.714. The lowest BCUT2D eigenvalue weighted by Gasteiger charge is -2.34. The van der Waals surface area contributed by atoms with E-state index in [1.807, 2.05) is 23.1 Å². The summed E-state index contributed by atoms with van der Waals surface area (Å²) in [5.41, 5.74) is 2.17. The Balaban J connectivity index is 1.46. The van der Waals surface area contributed by atoms with Crippen molar-refractivity contribution in [1.29, 1.82) is 0 Å². The number of methoxy groups -OCH3 is 1. The molecule has 2 aromatic carbocycles. The first kappa shape index (κ1) is 21.2. The second-order valence-corrected chi connectivity index (χ2v) is 10.2. The minimum atomic E-state index is -3.67. The van der Waals surface area contributed by atoms with E-state index in [0.717, 1.165) is 12.1 Å². The molecule has 0 N–H and O–H groups in total. The third kappa shape index (κ3) is 3.70. The molecule has 2 heterocycles. The number of benzene rings is 2. The number of anilines is 1. The zero-order valence-corrected chi connectivity index (χ0v) is 18.6. The number of carbonyl (C=O) groups excluding carboxylic acids is 1. The van der Waals surface area contributed by atoms with E-state index in [9.17, 15) is 13.2 Å². The van der Waals surface area contributed by atoms with Crippen LogP contribution in [-0.4, -0.2) is 44.9 Å². The Morgan fingerprint density at radius 1 is 1.13 bits per heavy atom. The molecule has 0 radical (unpaired) electrons. The molecule has 2 aliphatic rings. The van der Waals surface area contributed by atoms with Gasteiger partial charge < -0.3 is 9.64 Å². The molecule has 1 fully saturated rings. The van der Waals surface area contributed by atoms with Gasteiger partial charge in [-0.3, -0.25) is 4.79 Å². The van der Waals surface area contributed by atoms with Gasteiger partial charge in [0.15, 0.2) is 0 Å². The maximum Gasteiger partial charge on any atom is 0.243 e. The molecule has 1 atom stereocenters. The lowest BCUT2D eigenvalue weighted by molar-refractivity contribution is -0.123. The molecule has 0 spiro atoms. The van der Waals surface area contributed by atoms with Crippen molar-refractivity contribution < 1.29 is 17.9 Å². The zero-order chi connectivity index (χ0) is 21.5. The number of fused-ring (bicyclic) bond motifs is 1. The van der Waals surface area contributed by atoms with E-state index >= 15 is 0 Å². The molecule has 0 aromatic heterocycles. The zero-order valence-electron chi connectivity index (χ0n) is 17.0. The predicted molar refractivity (Wildman–Crippen MR) is 117 cm³/mol. The van der Waals surface area contributed by atoms with Gasteiger partial charge in [0.2, 0.25) is 15.9 Å². The molecule has 30 heavy (non-hydrogen) atoms. The van der Waals surface area contributed by atoms with Gasteiger partial charge in [0.05, 0.1) is 17.0 Å². The minimum Gasteiger partial charge on any atom is -0.495 e. The Kier molecular flexibility index (Phi) is 5.79. The van der Waals surface area contributed by atoms with Crippen LogP contribution in [0, 0.1) is 5.92 Å². The van der Waals surface area contributed by atoms with Crippen LogP contribution in [0.3, 0.4) is 0 Å². The molecule has 0 bridgehead atoms. The number of nitrogens with zero attached hydrogens (tertiary/aromatic N) is 2. The molecule has 8 heteroatoms. The molecule has 2 aliphatic heterocycles. The average Bonchev–Trinajstić information content (AvgIpc) is 3.08. The van der Waals surface area contributed by atoms with E-state index in [4.69, 9.17) is 16.3 Å². The van der Waals surface area contributed by atoms with Gasteiger partial charge in [0, 0.05) is 30.7 Å². The third-order valence-corrected chi connectivity index (χ3v) is 8.20. The largest absolute Gasteiger partial charge is 0.495 e. The SMILES string of the molecule is COc1ccc(S(=O)(=O)N2CCC(C(=O)N3c4ccccc4C[C@H]3C)CC2)cc1Cl. The summed E-state index contributed by atoms with van der Waals surface area (Å²) in [5, 5.41) is 0.255. The van der Waals surface area contributed by atoms with Crippen molar-refractivity contribution in [3.8, 4) is 5.75 Å². The third-order valence-electron chi connectivity index (χ3n) is 6.01. The fourth-order valence-electron chi connectivity index (χ4n) is 4.40. The van der Waals surface area contributed by atoms with E-state index in [0.29, 0.717) is 31.7 Å². The van der Waals surface area contributed by atoms with Gasteiger partial charge in [-0.1, -0.05) is 29.8 Å². The molecule has 4 rings (SSSR count). The number of piperidine rings is 1. The normalized spacial score (nSPS) is 20.2. The van der Waals surface area contributed by atoms with Crippen molar-refractivity contribution >= 4 is 33.2 Å². The Morgan fingerprint density at radius 3 is 2.50 bits per heavy atom. The van der Waals surface area contributed by atoms with Crippen molar-refractivity contribution in [3.63, 3.8) is 0 Å². The number of carbonyl (C=O) groups is 1. The number of rotatable bonds is 4. The highest BCUT2D eigenvalue weighted by molar-refractivity contribution is 7.89. The van der Waals surface area contributed by atoms with Crippen LogP contribution in [0.15, 0.2) is 47.4 Å². The molecule has 0 aliphatic carbocycles. The van der Waals surface area contributed by atoms with E-state index in [2.05, 4.69) is 13.0 Å². The molecule has 2 aromatic rings. The number of sulfonamides is 1. The monoisotopic (exact) mass is 448 g/mol. The number of halogens is 1. The molecule has 0 saturated carbocycles. The fourth-order valence-corrected chi connectivity index (χ4v) is 6.22. The highest BCUT2D eigenvalue weighted by atomic mass is 35.5. The van der Waals surface area contributed by atoms with Crippen molar-refractivity contribution in [2.75, 3.05) is 25.1 Å². The summed E-state index contributed by atoms with van der Waals surface area (Å²) in [4.78, 5) is 15.3. The lowest BCUT2D eigenvalue weighted by Crippen LogP contribution is -2.46. The van der Waals surface area contributed by atoms with Crippen LogP contribution in [0.4, 0.5) is 5.69 Å².